The third-order valence-electron chi connectivity index (χ3n) is 2.15. The molecule has 2 N–H and O–H groups in total. The number of aromatic nitrogens is 2. The van der Waals surface area contributed by atoms with Gasteiger partial charge in [0.1, 0.15) is 12.8 Å². The first kappa shape index (κ1) is 12.6. The fourth-order valence-corrected chi connectivity index (χ4v) is 1.34. The van der Waals surface area contributed by atoms with Crippen LogP contribution in [-0.2, 0) is 11.3 Å². The predicted octanol–water partition coefficient (Wildman–Crippen LogP) is 0.173. The Balaban J connectivity index is 2.06. The van der Waals surface area contributed by atoms with Gasteiger partial charge in [0.15, 0.2) is 0 Å². The van der Waals surface area contributed by atoms with Crippen LogP contribution in [0.2, 0.25) is 0 Å². The van der Waals surface area contributed by atoms with Gasteiger partial charge in [-0.3, -0.25) is 14.3 Å². The van der Waals surface area contributed by atoms with Crippen molar-refractivity contribution in [2.45, 2.75) is 6.54 Å². The predicted molar refractivity (Wildman–Crippen MR) is 62.8 cm³/mol. The molecule has 0 aliphatic carbocycles. The molecule has 8 heteroatoms. The molecule has 0 fully saturated rings. The lowest BCUT2D eigenvalue weighted by molar-refractivity contribution is -0.137. The Hall–Kier alpha value is -2.90. The second-order valence-corrected chi connectivity index (χ2v) is 3.62. The molecule has 0 aliphatic heterocycles. The number of carbonyl (C=O) groups is 2. The molecule has 0 radical (unpaired) electrons. The van der Waals surface area contributed by atoms with Crippen LogP contribution >= 0.6 is 0 Å². The van der Waals surface area contributed by atoms with E-state index in [1.807, 2.05) is 0 Å². The Morgan fingerprint density at radius 1 is 1.42 bits per heavy atom. The minimum atomic E-state index is -1.04. The monoisotopic (exact) mass is 263 g/mol. The largest absolute Gasteiger partial charge is 0.480 e. The Kier molecular flexibility index (Phi) is 3.42. The molecule has 98 valence electrons. The molecule has 0 saturated carbocycles. The number of nitrogens with zero attached hydrogens (tertiary/aromatic N) is 2. The summed E-state index contributed by atoms with van der Waals surface area (Å²) in [6.07, 6.45) is 3.74. The van der Waals surface area contributed by atoms with Crippen molar-refractivity contribution in [3.63, 3.8) is 0 Å². The van der Waals surface area contributed by atoms with Gasteiger partial charge in [-0.15, -0.1) is 0 Å². The van der Waals surface area contributed by atoms with Crippen LogP contribution in [0.5, 0.6) is 0 Å². The number of carbonyl (C=O) groups excluding carboxylic acids is 1. The van der Waals surface area contributed by atoms with Gasteiger partial charge in [0, 0.05) is 12.3 Å². The van der Waals surface area contributed by atoms with Gasteiger partial charge >= 0.3 is 11.6 Å². The number of hydrogen-bond donors (Lipinski definition) is 2. The number of hydrogen-bond acceptors (Lipinski definition) is 5. The van der Waals surface area contributed by atoms with E-state index >= 15 is 0 Å². The Morgan fingerprint density at radius 2 is 2.21 bits per heavy atom. The summed E-state index contributed by atoms with van der Waals surface area (Å²) in [5, 5.41) is 14.8. The number of nitrogens with one attached hydrogen (secondary N) is 1. The molecule has 0 atom stereocenters. The van der Waals surface area contributed by atoms with E-state index in [1.54, 1.807) is 0 Å². The highest BCUT2D eigenvalue weighted by Crippen LogP contribution is 2.07. The van der Waals surface area contributed by atoms with Gasteiger partial charge in [-0.1, -0.05) is 0 Å². The average Bonchev–Trinajstić information content (AvgIpc) is 2.76. The Labute approximate surface area is 106 Å². The zero-order chi connectivity index (χ0) is 13.8. The van der Waals surface area contributed by atoms with Crippen molar-refractivity contribution in [3.8, 4) is 0 Å². The Bertz CT molecular complexity index is 652. The first-order valence-corrected chi connectivity index (χ1v) is 5.19. The summed E-state index contributed by atoms with van der Waals surface area (Å²) < 4.78 is 5.73. The molecule has 0 spiro atoms. The van der Waals surface area contributed by atoms with Crippen molar-refractivity contribution >= 4 is 17.6 Å². The molecule has 19 heavy (non-hydrogen) atoms. The standard InChI is InChI=1S/C11H9N3O5/c15-9(16)5-14-4-8(3-12-14)13-11(18)7-1-2-10(17)19-6-7/h1-4,6H,5H2,(H,13,18)(H,15,16). The number of anilines is 1. The van der Waals surface area contributed by atoms with Gasteiger partial charge in [0.25, 0.3) is 5.91 Å². The fourth-order valence-electron chi connectivity index (χ4n) is 1.34. The van der Waals surface area contributed by atoms with Gasteiger partial charge in [-0.05, 0) is 6.07 Å². The summed E-state index contributed by atoms with van der Waals surface area (Å²) in [5.74, 6) is -1.52. The third kappa shape index (κ3) is 3.28. The zero-order valence-electron chi connectivity index (χ0n) is 9.57. The first-order valence-electron chi connectivity index (χ1n) is 5.19. The third-order valence-corrected chi connectivity index (χ3v) is 2.15. The topological polar surface area (TPSA) is 114 Å². The molecule has 0 aliphatic rings. The van der Waals surface area contributed by atoms with E-state index < -0.39 is 17.5 Å². The lowest BCUT2D eigenvalue weighted by Crippen LogP contribution is -2.12. The van der Waals surface area contributed by atoms with Crippen LogP contribution in [0, 0.1) is 0 Å². The number of amides is 1. The SMILES string of the molecule is O=C(O)Cn1cc(NC(=O)c2ccc(=O)oc2)cn1. The molecule has 2 aromatic heterocycles. The molecule has 1 amide bonds. The molecule has 0 unspecified atom stereocenters. The van der Waals surface area contributed by atoms with Crippen LogP contribution in [-0.4, -0.2) is 26.8 Å². The van der Waals surface area contributed by atoms with Gasteiger partial charge in [-0.25, -0.2) is 4.79 Å². The van der Waals surface area contributed by atoms with Gasteiger partial charge in [0.05, 0.1) is 17.4 Å². The second kappa shape index (κ2) is 5.17. The minimum Gasteiger partial charge on any atom is -0.480 e. The van der Waals surface area contributed by atoms with E-state index in [4.69, 9.17) is 5.11 Å². The molecule has 2 rings (SSSR count). The van der Waals surface area contributed by atoms with Crippen LogP contribution in [0.3, 0.4) is 0 Å². The van der Waals surface area contributed by atoms with Crippen LogP contribution in [0.15, 0.2) is 40.0 Å². The van der Waals surface area contributed by atoms with Crippen molar-refractivity contribution < 1.29 is 19.1 Å². The van der Waals surface area contributed by atoms with E-state index in [-0.39, 0.29) is 12.1 Å². The molecular weight excluding hydrogens is 254 g/mol. The summed E-state index contributed by atoms with van der Waals surface area (Å²) in [7, 11) is 0. The molecule has 2 heterocycles. The summed E-state index contributed by atoms with van der Waals surface area (Å²) in [6, 6.07) is 2.45. The van der Waals surface area contributed by atoms with Gasteiger partial charge < -0.3 is 14.8 Å². The van der Waals surface area contributed by atoms with Gasteiger partial charge in [-0.2, -0.15) is 5.10 Å². The quantitative estimate of drug-likeness (QED) is 0.812. The maximum Gasteiger partial charge on any atom is 0.335 e. The number of aliphatic carboxylic acids is 1. The maximum atomic E-state index is 11.7. The first-order chi connectivity index (χ1) is 9.04. The van der Waals surface area contributed by atoms with Crippen LogP contribution in [0.4, 0.5) is 5.69 Å². The van der Waals surface area contributed by atoms with Crippen molar-refractivity contribution in [2.75, 3.05) is 5.32 Å². The molecule has 0 aromatic carbocycles. The Morgan fingerprint density at radius 3 is 2.84 bits per heavy atom. The smallest absolute Gasteiger partial charge is 0.335 e. The summed E-state index contributed by atoms with van der Waals surface area (Å²) in [6.45, 7) is -0.296. The summed E-state index contributed by atoms with van der Waals surface area (Å²) in [4.78, 5) is 32.9. The summed E-state index contributed by atoms with van der Waals surface area (Å²) in [5.41, 5.74) is -0.0335. The molecule has 0 bridgehead atoms. The minimum absolute atomic E-state index is 0.172. The highest BCUT2D eigenvalue weighted by molar-refractivity contribution is 6.03. The van der Waals surface area contributed by atoms with Crippen LogP contribution in [0.25, 0.3) is 0 Å². The second-order valence-electron chi connectivity index (χ2n) is 3.62. The normalized spacial score (nSPS) is 10.1. The highest BCUT2D eigenvalue weighted by Gasteiger charge is 2.09. The number of carboxylic acids is 1. The zero-order valence-corrected chi connectivity index (χ0v) is 9.57. The summed E-state index contributed by atoms with van der Waals surface area (Å²) >= 11 is 0. The highest BCUT2D eigenvalue weighted by atomic mass is 16.4. The maximum absolute atomic E-state index is 11.7. The van der Waals surface area contributed by atoms with Crippen LogP contribution in [0.1, 0.15) is 10.4 Å². The van der Waals surface area contributed by atoms with Crippen molar-refractivity contribution in [1.29, 1.82) is 0 Å². The average molecular weight is 263 g/mol. The lowest BCUT2D eigenvalue weighted by atomic mass is 10.3. The van der Waals surface area contributed by atoms with Crippen molar-refractivity contribution in [1.82, 2.24) is 9.78 Å². The molecule has 0 saturated heterocycles. The molecule has 2 aromatic rings. The van der Waals surface area contributed by atoms with Crippen molar-refractivity contribution in [2.24, 2.45) is 0 Å². The lowest BCUT2D eigenvalue weighted by Gasteiger charge is -2.00. The molecular formula is C11H9N3O5. The van der Waals surface area contributed by atoms with E-state index in [1.165, 1.54) is 23.1 Å². The fraction of sp³-hybridized carbons (Fsp3) is 0.0909. The molecule has 8 nitrogen and oxygen atoms in total. The van der Waals surface area contributed by atoms with Crippen molar-refractivity contribution in [3.05, 3.63) is 46.8 Å². The van der Waals surface area contributed by atoms with E-state index in [0.717, 1.165) is 12.3 Å². The van der Waals surface area contributed by atoms with E-state index in [2.05, 4.69) is 14.8 Å². The number of carboxylic acid groups (broad SMARTS) is 1. The van der Waals surface area contributed by atoms with E-state index in [0.29, 0.717) is 5.69 Å². The van der Waals surface area contributed by atoms with E-state index in [9.17, 15) is 14.4 Å². The van der Waals surface area contributed by atoms with Crippen LogP contribution < -0.4 is 10.9 Å². The number of rotatable bonds is 4. The van der Waals surface area contributed by atoms with Gasteiger partial charge in [0.2, 0.25) is 0 Å².